The number of hydrogen-bond acceptors (Lipinski definition) is 1. The monoisotopic (exact) mass is 266 g/mol. The second-order valence-electron chi connectivity index (χ2n) is 3.75. The van der Waals surface area contributed by atoms with E-state index in [1.165, 1.54) is 0 Å². The predicted molar refractivity (Wildman–Crippen MR) is 71.4 cm³/mol. The molecule has 0 aromatic heterocycles. The Morgan fingerprint density at radius 2 is 1.00 bits per heavy atom. The normalized spacial score (nSPS) is 10.5. The molecule has 0 amide bonds. The van der Waals surface area contributed by atoms with Gasteiger partial charge in [0, 0.05) is 10.0 Å². The van der Waals surface area contributed by atoms with Gasteiger partial charge in [-0.3, -0.25) is 0 Å². The van der Waals surface area contributed by atoms with Crippen molar-refractivity contribution in [3.63, 3.8) is 0 Å². The van der Waals surface area contributed by atoms with E-state index in [2.05, 4.69) is 0 Å². The molecule has 0 saturated carbocycles. The van der Waals surface area contributed by atoms with Crippen LogP contribution in [-0.4, -0.2) is 0 Å². The number of hydrogen-bond donors (Lipinski definition) is 0. The van der Waals surface area contributed by atoms with Crippen molar-refractivity contribution in [1.82, 2.24) is 0 Å². The van der Waals surface area contributed by atoms with E-state index >= 15 is 0 Å². The lowest BCUT2D eigenvalue weighted by molar-refractivity contribution is 0.107. The molecule has 0 aliphatic heterocycles. The molecular weight excluding hydrogens is 255 g/mol. The van der Waals surface area contributed by atoms with Crippen molar-refractivity contribution in [2.75, 3.05) is 0 Å². The molecule has 0 heterocycles. The van der Waals surface area contributed by atoms with Crippen molar-refractivity contribution < 1.29 is 4.74 Å². The molecule has 0 aliphatic carbocycles. The first kappa shape index (κ1) is 12.4. The maximum absolute atomic E-state index is 5.80. The van der Waals surface area contributed by atoms with Crippen LogP contribution in [0.4, 0.5) is 0 Å². The zero-order chi connectivity index (χ0) is 12.1. The van der Waals surface area contributed by atoms with Gasteiger partial charge in [0.2, 0.25) is 0 Å². The Morgan fingerprint density at radius 1 is 0.647 bits per heavy atom. The van der Waals surface area contributed by atoms with E-state index in [-0.39, 0.29) is 0 Å². The van der Waals surface area contributed by atoms with E-state index < -0.39 is 0 Å². The summed E-state index contributed by atoms with van der Waals surface area (Å²) in [4.78, 5) is 0. The lowest BCUT2D eigenvalue weighted by atomic mass is 10.2. The highest BCUT2D eigenvalue weighted by atomic mass is 35.5. The highest BCUT2D eigenvalue weighted by Gasteiger charge is 1.96. The van der Waals surface area contributed by atoms with Crippen LogP contribution in [0, 0.1) is 0 Å². The van der Waals surface area contributed by atoms with Gasteiger partial charge in [-0.1, -0.05) is 47.5 Å². The highest BCUT2D eigenvalue weighted by molar-refractivity contribution is 6.30. The van der Waals surface area contributed by atoms with Gasteiger partial charge in [-0.05, 0) is 35.4 Å². The molecule has 2 rings (SSSR count). The Labute approximate surface area is 111 Å². The molecule has 0 atom stereocenters. The molecule has 2 aromatic carbocycles. The van der Waals surface area contributed by atoms with E-state index in [0.29, 0.717) is 13.2 Å². The van der Waals surface area contributed by atoms with Crippen molar-refractivity contribution in [2.24, 2.45) is 0 Å². The first-order valence-electron chi connectivity index (χ1n) is 5.31. The second kappa shape index (κ2) is 6.06. The Hall–Kier alpha value is -1.02. The molecule has 2 aromatic rings. The van der Waals surface area contributed by atoms with E-state index in [1.807, 2.05) is 48.5 Å². The van der Waals surface area contributed by atoms with Crippen LogP contribution in [0.3, 0.4) is 0 Å². The first-order valence-corrected chi connectivity index (χ1v) is 6.06. The molecule has 0 radical (unpaired) electrons. The smallest absolute Gasteiger partial charge is 0.0721 e. The average molecular weight is 267 g/mol. The molecular formula is C14H12Cl2O. The Kier molecular flexibility index (Phi) is 4.43. The molecule has 1 nitrogen and oxygen atoms in total. The lowest BCUT2D eigenvalue weighted by Gasteiger charge is -2.05. The molecule has 0 aliphatic rings. The largest absolute Gasteiger partial charge is 0.372 e. The summed E-state index contributed by atoms with van der Waals surface area (Å²) in [6, 6.07) is 15.3. The fraction of sp³-hybridized carbons (Fsp3) is 0.143. The van der Waals surface area contributed by atoms with Crippen LogP contribution in [0.1, 0.15) is 11.1 Å². The SMILES string of the molecule is Clc1ccc(COCc2ccc(Cl)cc2)cc1. The minimum atomic E-state index is 0.583. The minimum absolute atomic E-state index is 0.583. The molecule has 0 saturated heterocycles. The van der Waals surface area contributed by atoms with Gasteiger partial charge in [-0.2, -0.15) is 0 Å². The van der Waals surface area contributed by atoms with Crippen LogP contribution in [0.15, 0.2) is 48.5 Å². The van der Waals surface area contributed by atoms with Gasteiger partial charge < -0.3 is 4.74 Å². The van der Waals surface area contributed by atoms with Crippen molar-refractivity contribution in [2.45, 2.75) is 13.2 Å². The van der Waals surface area contributed by atoms with Crippen molar-refractivity contribution >= 4 is 23.2 Å². The summed E-state index contributed by atoms with van der Waals surface area (Å²) in [5.41, 5.74) is 2.23. The highest BCUT2D eigenvalue weighted by Crippen LogP contribution is 2.13. The number of halogens is 2. The predicted octanol–water partition coefficient (Wildman–Crippen LogP) is 4.71. The van der Waals surface area contributed by atoms with Crippen LogP contribution in [0.25, 0.3) is 0 Å². The molecule has 88 valence electrons. The zero-order valence-electron chi connectivity index (χ0n) is 9.20. The van der Waals surface area contributed by atoms with Gasteiger partial charge in [0.25, 0.3) is 0 Å². The molecule has 3 heteroatoms. The van der Waals surface area contributed by atoms with Gasteiger partial charge >= 0.3 is 0 Å². The fourth-order valence-corrected chi connectivity index (χ4v) is 1.70. The van der Waals surface area contributed by atoms with Gasteiger partial charge in [0.05, 0.1) is 13.2 Å². The van der Waals surface area contributed by atoms with Gasteiger partial charge in [0.15, 0.2) is 0 Å². The van der Waals surface area contributed by atoms with Gasteiger partial charge in [-0.15, -0.1) is 0 Å². The first-order chi connectivity index (χ1) is 8.24. The third kappa shape index (κ3) is 4.04. The summed E-state index contributed by atoms with van der Waals surface area (Å²) in [5.74, 6) is 0. The molecule has 0 unspecified atom stereocenters. The third-order valence-corrected chi connectivity index (χ3v) is 2.87. The molecule has 0 N–H and O–H groups in total. The molecule has 0 fully saturated rings. The zero-order valence-corrected chi connectivity index (χ0v) is 10.7. The maximum atomic E-state index is 5.80. The summed E-state index contributed by atoms with van der Waals surface area (Å²) >= 11 is 11.6. The summed E-state index contributed by atoms with van der Waals surface area (Å²) < 4.78 is 5.60. The van der Waals surface area contributed by atoms with E-state index in [1.54, 1.807) is 0 Å². The van der Waals surface area contributed by atoms with Crippen molar-refractivity contribution in [1.29, 1.82) is 0 Å². The Balaban J connectivity index is 1.83. The fourth-order valence-electron chi connectivity index (χ4n) is 1.45. The Bertz CT molecular complexity index is 417. The second-order valence-corrected chi connectivity index (χ2v) is 4.62. The summed E-state index contributed by atoms with van der Waals surface area (Å²) in [5, 5.41) is 1.48. The van der Waals surface area contributed by atoms with E-state index in [9.17, 15) is 0 Å². The number of ether oxygens (including phenoxy) is 1. The lowest BCUT2D eigenvalue weighted by Crippen LogP contribution is -1.93. The van der Waals surface area contributed by atoms with Crippen LogP contribution in [-0.2, 0) is 18.0 Å². The van der Waals surface area contributed by atoms with Crippen molar-refractivity contribution in [3.05, 3.63) is 69.7 Å². The molecule has 0 spiro atoms. The number of rotatable bonds is 4. The van der Waals surface area contributed by atoms with Crippen LogP contribution < -0.4 is 0 Å². The van der Waals surface area contributed by atoms with E-state index in [4.69, 9.17) is 27.9 Å². The van der Waals surface area contributed by atoms with Crippen LogP contribution in [0.2, 0.25) is 10.0 Å². The standard InChI is InChI=1S/C14H12Cl2O/c15-13-5-1-11(2-6-13)9-17-10-12-3-7-14(16)8-4-12/h1-8H,9-10H2. The topological polar surface area (TPSA) is 9.23 Å². The minimum Gasteiger partial charge on any atom is -0.372 e. The summed E-state index contributed by atoms with van der Waals surface area (Å²) in [7, 11) is 0. The Morgan fingerprint density at radius 3 is 1.35 bits per heavy atom. The quantitative estimate of drug-likeness (QED) is 0.779. The maximum Gasteiger partial charge on any atom is 0.0721 e. The van der Waals surface area contributed by atoms with Crippen LogP contribution in [0.5, 0.6) is 0 Å². The van der Waals surface area contributed by atoms with Gasteiger partial charge in [-0.25, -0.2) is 0 Å². The average Bonchev–Trinajstić information content (AvgIpc) is 2.34. The van der Waals surface area contributed by atoms with Gasteiger partial charge in [0.1, 0.15) is 0 Å². The van der Waals surface area contributed by atoms with E-state index in [0.717, 1.165) is 21.2 Å². The van der Waals surface area contributed by atoms with Crippen LogP contribution >= 0.6 is 23.2 Å². The summed E-state index contributed by atoms with van der Waals surface area (Å²) in [6.45, 7) is 1.17. The summed E-state index contributed by atoms with van der Waals surface area (Å²) in [6.07, 6.45) is 0. The van der Waals surface area contributed by atoms with Crippen molar-refractivity contribution in [3.8, 4) is 0 Å². The molecule has 0 bridgehead atoms. The molecule has 17 heavy (non-hydrogen) atoms. The number of benzene rings is 2. The third-order valence-electron chi connectivity index (χ3n) is 2.36.